The summed E-state index contributed by atoms with van der Waals surface area (Å²) < 4.78 is 5.76. The Kier molecular flexibility index (Phi) is 3.81. The number of fused-ring (bicyclic) bond motifs is 5. The van der Waals surface area contributed by atoms with Gasteiger partial charge in [-0.25, -0.2) is 0 Å². The maximum Gasteiger partial charge on any atom is 0.302 e. The van der Waals surface area contributed by atoms with Gasteiger partial charge in [-0.2, -0.15) is 0 Å². The molecular weight excluding hydrogens is 284 g/mol. The lowest BCUT2D eigenvalue weighted by molar-refractivity contribution is -0.161. The summed E-state index contributed by atoms with van der Waals surface area (Å²) in [7, 11) is 0. The van der Waals surface area contributed by atoms with Crippen molar-refractivity contribution < 1.29 is 9.53 Å². The molecule has 4 aliphatic carbocycles. The van der Waals surface area contributed by atoms with E-state index in [2.05, 4.69) is 13.8 Å². The molecule has 2 heteroatoms. The SMILES string of the molecule is CC(=O)O[C@H]1CC[C@H]2[C@@H]3CC[C@H]4CCCC[C@]4(C)[C@H]3CC[C@]12C. The van der Waals surface area contributed by atoms with E-state index in [0.717, 1.165) is 30.1 Å². The molecule has 0 N–H and O–H groups in total. The van der Waals surface area contributed by atoms with E-state index in [1.165, 1.54) is 57.8 Å². The topological polar surface area (TPSA) is 26.3 Å². The molecular formula is C21H34O2. The van der Waals surface area contributed by atoms with Crippen molar-refractivity contribution in [2.24, 2.45) is 34.5 Å². The van der Waals surface area contributed by atoms with Crippen molar-refractivity contribution in [2.75, 3.05) is 0 Å². The minimum absolute atomic E-state index is 0.0815. The van der Waals surface area contributed by atoms with E-state index in [4.69, 9.17) is 4.74 Å². The maximum atomic E-state index is 11.5. The van der Waals surface area contributed by atoms with Crippen LogP contribution in [0, 0.1) is 34.5 Å². The lowest BCUT2D eigenvalue weighted by Gasteiger charge is -2.60. The first-order valence-electron chi connectivity index (χ1n) is 10.1. The van der Waals surface area contributed by atoms with E-state index in [9.17, 15) is 4.79 Å². The molecule has 0 bridgehead atoms. The Labute approximate surface area is 141 Å². The Morgan fingerprint density at radius 1 is 0.870 bits per heavy atom. The molecule has 0 amide bonds. The van der Waals surface area contributed by atoms with Gasteiger partial charge < -0.3 is 4.74 Å². The number of hydrogen-bond donors (Lipinski definition) is 0. The predicted molar refractivity (Wildman–Crippen MR) is 91.9 cm³/mol. The fraction of sp³-hybridized carbons (Fsp3) is 0.952. The highest BCUT2D eigenvalue weighted by Gasteiger charge is 2.60. The summed E-state index contributed by atoms with van der Waals surface area (Å²) in [6.45, 7) is 6.65. The molecule has 0 aromatic carbocycles. The molecule has 0 unspecified atom stereocenters. The quantitative estimate of drug-likeness (QED) is 0.609. The standard InChI is InChI=1S/C21H34O2/c1-14(22)23-19-10-9-17-16-8-7-15-6-4-5-12-20(15,2)18(16)11-13-21(17,19)3/h15-19H,4-13H2,1-3H3/t15-,16+,17+,18+,19+,20+,21+/m1/s1. The minimum atomic E-state index is -0.0815. The van der Waals surface area contributed by atoms with Crippen LogP contribution in [0.4, 0.5) is 0 Å². The molecule has 23 heavy (non-hydrogen) atoms. The number of carbonyl (C=O) groups is 1. The molecule has 4 aliphatic rings. The normalized spacial score (nSPS) is 52.2. The second-order valence-corrected chi connectivity index (χ2v) is 9.62. The predicted octanol–water partition coefficient (Wildman–Crippen LogP) is 5.35. The van der Waals surface area contributed by atoms with Crippen molar-refractivity contribution in [1.29, 1.82) is 0 Å². The molecule has 0 aliphatic heterocycles. The number of hydrogen-bond acceptors (Lipinski definition) is 2. The van der Waals surface area contributed by atoms with Gasteiger partial charge in [-0.05, 0) is 80.5 Å². The summed E-state index contributed by atoms with van der Waals surface area (Å²) in [5, 5.41) is 0. The average molecular weight is 319 g/mol. The Balaban J connectivity index is 1.59. The van der Waals surface area contributed by atoms with Gasteiger partial charge in [0.2, 0.25) is 0 Å². The van der Waals surface area contributed by atoms with Crippen LogP contribution < -0.4 is 0 Å². The third-order valence-electron chi connectivity index (χ3n) is 8.80. The lowest BCUT2D eigenvalue weighted by Crippen LogP contribution is -2.53. The Morgan fingerprint density at radius 3 is 2.43 bits per heavy atom. The molecule has 0 spiro atoms. The summed E-state index contributed by atoms with van der Waals surface area (Å²) in [6, 6.07) is 0. The van der Waals surface area contributed by atoms with Crippen LogP contribution in [0.1, 0.15) is 85.0 Å². The summed E-state index contributed by atoms with van der Waals surface area (Å²) >= 11 is 0. The first-order chi connectivity index (χ1) is 10.9. The van der Waals surface area contributed by atoms with Gasteiger partial charge in [0.25, 0.3) is 0 Å². The van der Waals surface area contributed by atoms with Crippen molar-refractivity contribution in [3.63, 3.8) is 0 Å². The van der Waals surface area contributed by atoms with Crippen LogP contribution >= 0.6 is 0 Å². The van der Waals surface area contributed by atoms with Crippen LogP contribution in [-0.4, -0.2) is 12.1 Å². The Bertz CT molecular complexity index is 486. The monoisotopic (exact) mass is 318 g/mol. The van der Waals surface area contributed by atoms with Crippen molar-refractivity contribution in [2.45, 2.75) is 91.1 Å². The van der Waals surface area contributed by atoms with E-state index in [1.54, 1.807) is 6.92 Å². The zero-order chi connectivity index (χ0) is 16.2. The van der Waals surface area contributed by atoms with Gasteiger partial charge >= 0.3 is 5.97 Å². The second kappa shape index (κ2) is 5.49. The van der Waals surface area contributed by atoms with Crippen molar-refractivity contribution in [1.82, 2.24) is 0 Å². The number of carbonyl (C=O) groups excluding carboxylic acids is 1. The van der Waals surface area contributed by atoms with Gasteiger partial charge in [-0.1, -0.05) is 26.7 Å². The van der Waals surface area contributed by atoms with Gasteiger partial charge in [-0.15, -0.1) is 0 Å². The maximum absolute atomic E-state index is 11.5. The highest BCUT2D eigenvalue weighted by molar-refractivity contribution is 5.66. The average Bonchev–Trinajstić information content (AvgIpc) is 2.83. The Hall–Kier alpha value is -0.530. The number of rotatable bonds is 1. The molecule has 0 saturated heterocycles. The van der Waals surface area contributed by atoms with Crippen LogP contribution in [-0.2, 0) is 9.53 Å². The molecule has 0 radical (unpaired) electrons. The van der Waals surface area contributed by atoms with Crippen LogP contribution in [0.5, 0.6) is 0 Å². The van der Waals surface area contributed by atoms with Gasteiger partial charge in [0, 0.05) is 12.3 Å². The molecule has 4 fully saturated rings. The van der Waals surface area contributed by atoms with Gasteiger partial charge in [-0.3, -0.25) is 4.79 Å². The number of ether oxygens (including phenoxy) is 1. The van der Waals surface area contributed by atoms with Gasteiger partial charge in [0.15, 0.2) is 0 Å². The van der Waals surface area contributed by atoms with E-state index in [0.29, 0.717) is 5.41 Å². The van der Waals surface area contributed by atoms with E-state index >= 15 is 0 Å². The minimum Gasteiger partial charge on any atom is -0.462 e. The van der Waals surface area contributed by atoms with Crippen molar-refractivity contribution in [3.05, 3.63) is 0 Å². The third-order valence-corrected chi connectivity index (χ3v) is 8.80. The highest BCUT2D eigenvalue weighted by Crippen LogP contribution is 2.66. The highest BCUT2D eigenvalue weighted by atomic mass is 16.5. The smallest absolute Gasteiger partial charge is 0.302 e. The number of esters is 1. The fourth-order valence-electron chi connectivity index (χ4n) is 7.64. The second-order valence-electron chi connectivity index (χ2n) is 9.62. The lowest BCUT2D eigenvalue weighted by atomic mass is 9.45. The van der Waals surface area contributed by atoms with Crippen molar-refractivity contribution >= 4 is 5.97 Å². The van der Waals surface area contributed by atoms with E-state index in [-0.39, 0.29) is 17.5 Å². The molecule has 0 aromatic heterocycles. The summed E-state index contributed by atoms with van der Waals surface area (Å²) in [5.74, 6) is 3.55. The molecule has 4 rings (SSSR count). The summed E-state index contributed by atoms with van der Waals surface area (Å²) in [4.78, 5) is 11.5. The molecule has 4 saturated carbocycles. The first-order valence-corrected chi connectivity index (χ1v) is 10.1. The Morgan fingerprint density at radius 2 is 1.65 bits per heavy atom. The molecule has 0 aromatic rings. The van der Waals surface area contributed by atoms with Crippen LogP contribution in [0.2, 0.25) is 0 Å². The summed E-state index contributed by atoms with van der Waals surface area (Å²) in [5.41, 5.74) is 0.868. The van der Waals surface area contributed by atoms with Crippen LogP contribution in [0.15, 0.2) is 0 Å². The van der Waals surface area contributed by atoms with Gasteiger partial charge in [0.1, 0.15) is 6.10 Å². The van der Waals surface area contributed by atoms with Gasteiger partial charge in [0.05, 0.1) is 0 Å². The van der Waals surface area contributed by atoms with E-state index < -0.39 is 0 Å². The first kappa shape index (κ1) is 16.0. The zero-order valence-electron chi connectivity index (χ0n) is 15.3. The van der Waals surface area contributed by atoms with E-state index in [1.807, 2.05) is 0 Å². The zero-order valence-corrected chi connectivity index (χ0v) is 15.3. The molecule has 7 atom stereocenters. The van der Waals surface area contributed by atoms with Crippen LogP contribution in [0.3, 0.4) is 0 Å². The van der Waals surface area contributed by atoms with Crippen molar-refractivity contribution in [3.8, 4) is 0 Å². The fourth-order valence-corrected chi connectivity index (χ4v) is 7.64. The molecule has 0 heterocycles. The van der Waals surface area contributed by atoms with Crippen LogP contribution in [0.25, 0.3) is 0 Å². The molecule has 130 valence electrons. The molecule has 2 nitrogen and oxygen atoms in total. The largest absolute Gasteiger partial charge is 0.462 e. The third kappa shape index (κ3) is 2.30. The summed E-state index contributed by atoms with van der Waals surface area (Å²) in [6.07, 6.45) is 14.0.